The lowest BCUT2D eigenvalue weighted by Gasteiger charge is -2.26. The van der Waals surface area contributed by atoms with Crippen LogP contribution in [0.2, 0.25) is 0 Å². The molecule has 0 atom stereocenters. The van der Waals surface area contributed by atoms with E-state index in [-0.39, 0.29) is 19.0 Å². The van der Waals surface area contributed by atoms with E-state index in [1.807, 2.05) is 25.1 Å². The number of ether oxygens (including phenoxy) is 3. The summed E-state index contributed by atoms with van der Waals surface area (Å²) in [5.74, 6) is 0.351. The lowest BCUT2D eigenvalue weighted by Crippen LogP contribution is -2.54. The van der Waals surface area contributed by atoms with Crippen molar-refractivity contribution in [3.63, 3.8) is 0 Å². The van der Waals surface area contributed by atoms with Crippen molar-refractivity contribution >= 4 is 29.6 Å². The molecule has 4 amide bonds. The SMILES string of the molecule is Cc1ccc(N2C(=O)NC(=O)/C(=C\c3ccccc3OCc3ccc4c(c3)OCO4)C2=O)cc1. The van der Waals surface area contributed by atoms with E-state index < -0.39 is 17.8 Å². The highest BCUT2D eigenvalue weighted by Crippen LogP contribution is 2.33. The zero-order chi connectivity index (χ0) is 23.7. The maximum absolute atomic E-state index is 13.1. The van der Waals surface area contributed by atoms with Crippen LogP contribution < -0.4 is 24.4 Å². The van der Waals surface area contributed by atoms with Crippen LogP contribution >= 0.6 is 0 Å². The average molecular weight is 456 g/mol. The van der Waals surface area contributed by atoms with Gasteiger partial charge in [-0.1, -0.05) is 42.0 Å². The number of benzene rings is 3. The topological polar surface area (TPSA) is 94.2 Å². The molecule has 2 aliphatic heterocycles. The molecule has 2 aliphatic rings. The number of carbonyl (C=O) groups excluding carboxylic acids is 3. The molecule has 1 fully saturated rings. The van der Waals surface area contributed by atoms with Gasteiger partial charge in [0.05, 0.1) is 5.69 Å². The summed E-state index contributed by atoms with van der Waals surface area (Å²) in [5, 5.41) is 2.24. The van der Waals surface area contributed by atoms with Gasteiger partial charge in [0.15, 0.2) is 11.5 Å². The van der Waals surface area contributed by atoms with E-state index in [1.54, 1.807) is 48.5 Å². The first-order valence-corrected chi connectivity index (χ1v) is 10.6. The van der Waals surface area contributed by atoms with Crippen molar-refractivity contribution in [2.45, 2.75) is 13.5 Å². The van der Waals surface area contributed by atoms with Crippen LogP contribution in [0.4, 0.5) is 10.5 Å². The maximum atomic E-state index is 13.1. The molecule has 3 aromatic rings. The largest absolute Gasteiger partial charge is 0.488 e. The van der Waals surface area contributed by atoms with Crippen molar-refractivity contribution in [2.75, 3.05) is 11.7 Å². The minimum absolute atomic E-state index is 0.167. The van der Waals surface area contributed by atoms with Gasteiger partial charge in [0, 0.05) is 5.56 Å². The Balaban J connectivity index is 1.41. The first kappa shape index (κ1) is 21.3. The summed E-state index contributed by atoms with van der Waals surface area (Å²) >= 11 is 0. The Morgan fingerprint density at radius 2 is 1.74 bits per heavy atom. The Kier molecular flexibility index (Phi) is 5.47. The third kappa shape index (κ3) is 4.09. The van der Waals surface area contributed by atoms with Gasteiger partial charge in [0.2, 0.25) is 6.79 Å². The quantitative estimate of drug-likeness (QED) is 0.461. The number of nitrogens with one attached hydrogen (secondary N) is 1. The van der Waals surface area contributed by atoms with Crippen LogP contribution in [0, 0.1) is 6.92 Å². The predicted octanol–water partition coefficient (Wildman–Crippen LogP) is 3.97. The number of hydrogen-bond acceptors (Lipinski definition) is 6. The number of amides is 4. The van der Waals surface area contributed by atoms with E-state index in [1.165, 1.54) is 6.08 Å². The Hall–Kier alpha value is -4.59. The fraction of sp³-hybridized carbons (Fsp3) is 0.115. The summed E-state index contributed by atoms with van der Waals surface area (Å²) in [6.07, 6.45) is 1.43. The van der Waals surface area contributed by atoms with E-state index in [0.29, 0.717) is 28.5 Å². The number of nitrogens with zero attached hydrogens (tertiary/aromatic N) is 1. The molecule has 0 saturated carbocycles. The number of aryl methyl sites for hydroxylation is 1. The Bertz CT molecular complexity index is 1330. The number of imide groups is 2. The number of rotatable bonds is 5. The molecule has 0 radical (unpaired) electrons. The first-order valence-electron chi connectivity index (χ1n) is 10.6. The van der Waals surface area contributed by atoms with Gasteiger partial charge in [-0.3, -0.25) is 14.9 Å². The molecule has 8 nitrogen and oxygen atoms in total. The van der Waals surface area contributed by atoms with Crippen LogP contribution in [-0.2, 0) is 16.2 Å². The van der Waals surface area contributed by atoms with Gasteiger partial charge in [-0.05, 0) is 48.9 Å². The maximum Gasteiger partial charge on any atom is 0.335 e. The molecule has 1 N–H and O–H groups in total. The predicted molar refractivity (Wildman–Crippen MR) is 124 cm³/mol. The monoisotopic (exact) mass is 456 g/mol. The van der Waals surface area contributed by atoms with Gasteiger partial charge in [-0.2, -0.15) is 0 Å². The second-order valence-electron chi connectivity index (χ2n) is 7.81. The number of carbonyl (C=O) groups is 3. The van der Waals surface area contributed by atoms with Crippen LogP contribution in [0.25, 0.3) is 6.08 Å². The second-order valence-corrected chi connectivity index (χ2v) is 7.81. The number of hydrogen-bond donors (Lipinski definition) is 1. The van der Waals surface area contributed by atoms with Crippen molar-refractivity contribution in [3.8, 4) is 17.2 Å². The van der Waals surface area contributed by atoms with Crippen molar-refractivity contribution in [3.05, 3.63) is 89.0 Å². The van der Waals surface area contributed by atoms with E-state index in [2.05, 4.69) is 5.32 Å². The zero-order valence-corrected chi connectivity index (χ0v) is 18.2. The van der Waals surface area contributed by atoms with Gasteiger partial charge >= 0.3 is 6.03 Å². The van der Waals surface area contributed by atoms with Gasteiger partial charge in [0.25, 0.3) is 11.8 Å². The third-order valence-electron chi connectivity index (χ3n) is 5.44. The molecule has 170 valence electrons. The number of fused-ring (bicyclic) bond motifs is 1. The van der Waals surface area contributed by atoms with E-state index >= 15 is 0 Å². The van der Waals surface area contributed by atoms with Crippen molar-refractivity contribution in [1.82, 2.24) is 5.32 Å². The lowest BCUT2D eigenvalue weighted by atomic mass is 10.1. The molecule has 1 saturated heterocycles. The minimum atomic E-state index is -0.789. The summed E-state index contributed by atoms with van der Waals surface area (Å²) in [7, 11) is 0. The molecular weight excluding hydrogens is 436 g/mol. The molecule has 34 heavy (non-hydrogen) atoms. The molecule has 3 aromatic carbocycles. The standard InChI is InChI=1S/C26H20N2O6/c1-16-6-9-19(10-7-16)28-25(30)20(24(29)27-26(28)31)13-18-4-2-3-5-21(18)32-14-17-8-11-22-23(12-17)34-15-33-22/h2-13H,14-15H2,1H3,(H,27,29,31)/b20-13+. The summed E-state index contributed by atoms with van der Waals surface area (Å²) < 4.78 is 16.7. The van der Waals surface area contributed by atoms with Crippen LogP contribution in [-0.4, -0.2) is 24.6 Å². The minimum Gasteiger partial charge on any atom is -0.488 e. The van der Waals surface area contributed by atoms with Crippen LogP contribution in [0.3, 0.4) is 0 Å². The average Bonchev–Trinajstić information content (AvgIpc) is 3.30. The van der Waals surface area contributed by atoms with E-state index in [4.69, 9.17) is 14.2 Å². The number of para-hydroxylation sites is 1. The molecule has 5 rings (SSSR count). The molecule has 0 aliphatic carbocycles. The molecular formula is C26H20N2O6. The lowest BCUT2D eigenvalue weighted by molar-refractivity contribution is -0.122. The Morgan fingerprint density at radius 1 is 0.971 bits per heavy atom. The highest BCUT2D eigenvalue weighted by Gasteiger charge is 2.36. The summed E-state index contributed by atoms with van der Waals surface area (Å²) in [5.41, 5.74) is 2.58. The Morgan fingerprint density at radius 3 is 2.56 bits per heavy atom. The molecule has 2 heterocycles. The van der Waals surface area contributed by atoms with Crippen molar-refractivity contribution < 1.29 is 28.6 Å². The molecule has 0 unspecified atom stereocenters. The fourth-order valence-electron chi connectivity index (χ4n) is 3.66. The van der Waals surface area contributed by atoms with Crippen LogP contribution in [0.5, 0.6) is 17.2 Å². The molecule has 8 heteroatoms. The summed E-state index contributed by atoms with van der Waals surface area (Å²) in [6, 6.07) is 18.7. The van der Waals surface area contributed by atoms with E-state index in [0.717, 1.165) is 16.0 Å². The number of urea groups is 1. The van der Waals surface area contributed by atoms with Crippen molar-refractivity contribution in [2.24, 2.45) is 0 Å². The van der Waals surface area contributed by atoms with Gasteiger partial charge < -0.3 is 14.2 Å². The van der Waals surface area contributed by atoms with Gasteiger partial charge in [0.1, 0.15) is 17.9 Å². The normalized spacial score (nSPS) is 16.1. The first-order chi connectivity index (χ1) is 16.5. The zero-order valence-electron chi connectivity index (χ0n) is 18.2. The van der Waals surface area contributed by atoms with Crippen molar-refractivity contribution in [1.29, 1.82) is 0 Å². The smallest absolute Gasteiger partial charge is 0.335 e. The highest BCUT2D eigenvalue weighted by atomic mass is 16.7. The number of barbiturate groups is 1. The second kappa shape index (κ2) is 8.74. The molecule has 0 spiro atoms. The van der Waals surface area contributed by atoms with Gasteiger partial charge in [-0.15, -0.1) is 0 Å². The van der Waals surface area contributed by atoms with Crippen LogP contribution in [0.15, 0.2) is 72.3 Å². The van der Waals surface area contributed by atoms with Crippen LogP contribution in [0.1, 0.15) is 16.7 Å². The molecule has 0 aromatic heterocycles. The third-order valence-corrected chi connectivity index (χ3v) is 5.44. The highest BCUT2D eigenvalue weighted by molar-refractivity contribution is 6.39. The van der Waals surface area contributed by atoms with E-state index in [9.17, 15) is 14.4 Å². The number of anilines is 1. The fourth-order valence-corrected chi connectivity index (χ4v) is 3.66. The molecule has 0 bridgehead atoms. The Labute approximate surface area is 195 Å². The van der Waals surface area contributed by atoms with Gasteiger partial charge in [-0.25, -0.2) is 9.69 Å². The summed E-state index contributed by atoms with van der Waals surface area (Å²) in [6.45, 7) is 2.33. The summed E-state index contributed by atoms with van der Waals surface area (Å²) in [4.78, 5) is 39.0.